The van der Waals surface area contributed by atoms with Crippen molar-refractivity contribution in [2.75, 3.05) is 13.2 Å². The second-order valence-electron chi connectivity index (χ2n) is 5.16. The van der Waals surface area contributed by atoms with Gasteiger partial charge in [-0.2, -0.15) is 0 Å². The Labute approximate surface area is 122 Å². The van der Waals surface area contributed by atoms with E-state index in [1.165, 1.54) is 35.0 Å². The SMILES string of the molecule is CC1CCC(OCCNCc2cc(Br)cs2)CC1. The molecule has 0 aromatic carbocycles. The zero-order chi connectivity index (χ0) is 12.8. The molecule has 0 aliphatic heterocycles. The summed E-state index contributed by atoms with van der Waals surface area (Å²) in [6.07, 6.45) is 5.68. The van der Waals surface area contributed by atoms with Gasteiger partial charge in [0.15, 0.2) is 0 Å². The van der Waals surface area contributed by atoms with Crippen LogP contribution in [0.25, 0.3) is 0 Å². The Morgan fingerprint density at radius 1 is 1.39 bits per heavy atom. The molecule has 0 unspecified atom stereocenters. The normalized spacial score (nSPS) is 24.3. The molecule has 1 aromatic heterocycles. The van der Waals surface area contributed by atoms with E-state index in [0.29, 0.717) is 6.10 Å². The Morgan fingerprint density at radius 3 is 2.83 bits per heavy atom. The Balaban J connectivity index is 1.51. The third-order valence-corrected chi connectivity index (χ3v) is 5.21. The predicted octanol–water partition coefficient (Wildman–Crippen LogP) is 4.20. The lowest BCUT2D eigenvalue weighted by Crippen LogP contribution is -2.25. The van der Waals surface area contributed by atoms with Crippen LogP contribution in [0.5, 0.6) is 0 Å². The fourth-order valence-corrected chi connectivity index (χ4v) is 3.77. The third kappa shape index (κ3) is 5.00. The quantitative estimate of drug-likeness (QED) is 0.789. The van der Waals surface area contributed by atoms with Gasteiger partial charge in [-0.3, -0.25) is 0 Å². The van der Waals surface area contributed by atoms with Gasteiger partial charge in [0.25, 0.3) is 0 Å². The van der Waals surface area contributed by atoms with Crippen molar-refractivity contribution in [1.29, 1.82) is 0 Å². The van der Waals surface area contributed by atoms with Crippen LogP contribution in [0.4, 0.5) is 0 Å². The Hall–Kier alpha value is 0.1000. The minimum Gasteiger partial charge on any atom is -0.377 e. The van der Waals surface area contributed by atoms with Crippen molar-refractivity contribution in [3.8, 4) is 0 Å². The molecule has 1 aliphatic carbocycles. The number of thiophene rings is 1. The number of rotatable bonds is 6. The largest absolute Gasteiger partial charge is 0.377 e. The van der Waals surface area contributed by atoms with Gasteiger partial charge < -0.3 is 10.1 Å². The average molecular weight is 332 g/mol. The van der Waals surface area contributed by atoms with Crippen molar-refractivity contribution in [2.24, 2.45) is 5.92 Å². The van der Waals surface area contributed by atoms with E-state index in [0.717, 1.165) is 25.6 Å². The first kappa shape index (κ1) is 14.5. The van der Waals surface area contributed by atoms with Crippen molar-refractivity contribution < 1.29 is 4.74 Å². The fourth-order valence-electron chi connectivity index (χ4n) is 2.35. The van der Waals surface area contributed by atoms with Crippen LogP contribution in [-0.4, -0.2) is 19.3 Å². The molecule has 0 spiro atoms. The van der Waals surface area contributed by atoms with Crippen LogP contribution in [0.3, 0.4) is 0 Å². The summed E-state index contributed by atoms with van der Waals surface area (Å²) in [6, 6.07) is 2.17. The predicted molar refractivity (Wildman–Crippen MR) is 81.1 cm³/mol. The van der Waals surface area contributed by atoms with Gasteiger partial charge in [0.1, 0.15) is 0 Å². The summed E-state index contributed by atoms with van der Waals surface area (Å²) >= 11 is 5.26. The van der Waals surface area contributed by atoms with E-state index < -0.39 is 0 Å². The molecule has 1 N–H and O–H groups in total. The van der Waals surface area contributed by atoms with E-state index in [4.69, 9.17) is 4.74 Å². The zero-order valence-corrected chi connectivity index (χ0v) is 13.4. The number of hydrogen-bond acceptors (Lipinski definition) is 3. The topological polar surface area (TPSA) is 21.3 Å². The molecule has 0 radical (unpaired) electrons. The standard InChI is InChI=1S/C14H22BrNOS/c1-11-2-4-13(5-3-11)17-7-6-16-9-14-8-12(15)10-18-14/h8,10-11,13,16H,2-7,9H2,1H3. The van der Waals surface area contributed by atoms with Gasteiger partial charge in [0.05, 0.1) is 12.7 Å². The fraction of sp³-hybridized carbons (Fsp3) is 0.714. The summed E-state index contributed by atoms with van der Waals surface area (Å²) in [5.41, 5.74) is 0. The number of ether oxygens (including phenoxy) is 1. The Bertz CT molecular complexity index is 347. The van der Waals surface area contributed by atoms with Crippen LogP contribution in [0.1, 0.15) is 37.5 Å². The van der Waals surface area contributed by atoms with E-state index in [1.54, 1.807) is 11.3 Å². The monoisotopic (exact) mass is 331 g/mol. The highest BCUT2D eigenvalue weighted by molar-refractivity contribution is 9.10. The van der Waals surface area contributed by atoms with E-state index in [9.17, 15) is 0 Å². The van der Waals surface area contributed by atoms with Crippen molar-refractivity contribution in [2.45, 2.75) is 45.3 Å². The highest BCUT2D eigenvalue weighted by Gasteiger charge is 2.17. The summed E-state index contributed by atoms with van der Waals surface area (Å²) in [5, 5.41) is 5.55. The first-order chi connectivity index (χ1) is 8.74. The van der Waals surface area contributed by atoms with Gasteiger partial charge in [0, 0.05) is 27.8 Å². The second-order valence-corrected chi connectivity index (χ2v) is 7.07. The molecule has 1 saturated carbocycles. The molecule has 1 aromatic rings. The van der Waals surface area contributed by atoms with Gasteiger partial charge in [-0.1, -0.05) is 6.92 Å². The van der Waals surface area contributed by atoms with Crippen molar-refractivity contribution in [3.63, 3.8) is 0 Å². The van der Waals surface area contributed by atoms with E-state index in [2.05, 4.69) is 39.6 Å². The lowest BCUT2D eigenvalue weighted by atomic mass is 9.89. The van der Waals surface area contributed by atoms with Crippen molar-refractivity contribution in [1.82, 2.24) is 5.32 Å². The van der Waals surface area contributed by atoms with Gasteiger partial charge in [0.2, 0.25) is 0 Å². The Morgan fingerprint density at radius 2 is 2.17 bits per heavy atom. The van der Waals surface area contributed by atoms with E-state index >= 15 is 0 Å². The maximum atomic E-state index is 5.91. The number of hydrogen-bond donors (Lipinski definition) is 1. The second kappa shape index (κ2) is 7.63. The molecular formula is C14H22BrNOS. The summed E-state index contributed by atoms with van der Waals surface area (Å²) < 4.78 is 7.08. The van der Waals surface area contributed by atoms with E-state index in [1.807, 2.05) is 0 Å². The van der Waals surface area contributed by atoms with Crippen molar-refractivity contribution in [3.05, 3.63) is 20.8 Å². The minimum atomic E-state index is 0.513. The Kier molecular flexibility index (Phi) is 6.15. The third-order valence-electron chi connectivity index (χ3n) is 3.52. The molecule has 1 aliphatic rings. The molecule has 0 saturated heterocycles. The molecule has 0 amide bonds. The van der Waals surface area contributed by atoms with Gasteiger partial charge in [-0.05, 0) is 53.6 Å². The molecule has 2 nitrogen and oxygen atoms in total. The first-order valence-electron chi connectivity index (χ1n) is 6.79. The lowest BCUT2D eigenvalue weighted by molar-refractivity contribution is 0.0216. The minimum absolute atomic E-state index is 0.513. The molecule has 102 valence electrons. The molecule has 2 rings (SSSR count). The highest BCUT2D eigenvalue weighted by atomic mass is 79.9. The number of halogens is 1. The highest BCUT2D eigenvalue weighted by Crippen LogP contribution is 2.25. The molecule has 4 heteroatoms. The van der Waals surface area contributed by atoms with Gasteiger partial charge in [-0.15, -0.1) is 11.3 Å². The summed E-state index contributed by atoms with van der Waals surface area (Å²) in [7, 11) is 0. The summed E-state index contributed by atoms with van der Waals surface area (Å²) in [5.74, 6) is 0.903. The molecular weight excluding hydrogens is 310 g/mol. The maximum absolute atomic E-state index is 5.91. The van der Waals surface area contributed by atoms with Crippen LogP contribution in [0.15, 0.2) is 15.9 Å². The summed E-state index contributed by atoms with van der Waals surface area (Å²) in [6.45, 7) is 5.07. The van der Waals surface area contributed by atoms with Crippen LogP contribution >= 0.6 is 27.3 Å². The molecule has 1 fully saturated rings. The van der Waals surface area contributed by atoms with Crippen LogP contribution in [-0.2, 0) is 11.3 Å². The molecule has 0 bridgehead atoms. The maximum Gasteiger partial charge on any atom is 0.0594 e. The summed E-state index contributed by atoms with van der Waals surface area (Å²) in [4.78, 5) is 1.37. The van der Waals surface area contributed by atoms with E-state index in [-0.39, 0.29) is 0 Å². The van der Waals surface area contributed by atoms with Crippen LogP contribution in [0, 0.1) is 5.92 Å². The van der Waals surface area contributed by atoms with Gasteiger partial charge in [-0.25, -0.2) is 0 Å². The van der Waals surface area contributed by atoms with Crippen LogP contribution in [0.2, 0.25) is 0 Å². The molecule has 0 atom stereocenters. The first-order valence-corrected chi connectivity index (χ1v) is 8.46. The lowest BCUT2D eigenvalue weighted by Gasteiger charge is -2.26. The van der Waals surface area contributed by atoms with Gasteiger partial charge >= 0.3 is 0 Å². The molecule has 1 heterocycles. The number of nitrogens with one attached hydrogen (secondary N) is 1. The smallest absolute Gasteiger partial charge is 0.0594 e. The molecule has 18 heavy (non-hydrogen) atoms. The zero-order valence-electron chi connectivity index (χ0n) is 11.0. The van der Waals surface area contributed by atoms with Crippen LogP contribution < -0.4 is 5.32 Å². The average Bonchev–Trinajstić information content (AvgIpc) is 2.77. The van der Waals surface area contributed by atoms with Crippen molar-refractivity contribution >= 4 is 27.3 Å².